The molecule has 0 saturated carbocycles. The van der Waals surface area contributed by atoms with Crippen LogP contribution in [0.15, 0.2) is 18.3 Å². The van der Waals surface area contributed by atoms with Gasteiger partial charge < -0.3 is 4.74 Å². The van der Waals surface area contributed by atoms with Gasteiger partial charge in [0.05, 0.1) is 12.3 Å². The van der Waals surface area contributed by atoms with Gasteiger partial charge in [0.25, 0.3) is 0 Å². The van der Waals surface area contributed by atoms with Crippen LogP contribution in [-0.4, -0.2) is 11.6 Å². The van der Waals surface area contributed by atoms with E-state index < -0.39 is 0 Å². The third-order valence-corrected chi connectivity index (χ3v) is 2.18. The van der Waals surface area contributed by atoms with Crippen LogP contribution in [0.1, 0.15) is 38.8 Å². The smallest absolute Gasteiger partial charge is 0.141 e. The molecule has 0 aliphatic rings. The average Bonchev–Trinajstić information content (AvgIpc) is 2.18. The van der Waals surface area contributed by atoms with Crippen molar-refractivity contribution in [2.75, 3.05) is 6.61 Å². The summed E-state index contributed by atoms with van der Waals surface area (Å²) in [5.41, 5.74) is 1.08. The van der Waals surface area contributed by atoms with E-state index in [9.17, 15) is 0 Å². The molecule has 0 bridgehead atoms. The minimum absolute atomic E-state index is 0.475. The number of hydrogen-bond donors (Lipinski definition) is 0. The zero-order valence-corrected chi connectivity index (χ0v) is 8.58. The normalized spacial score (nSPS) is 12.5. The maximum Gasteiger partial charge on any atom is 0.141 e. The van der Waals surface area contributed by atoms with Gasteiger partial charge in [-0.25, -0.2) is 0 Å². The first-order valence-electron chi connectivity index (χ1n) is 4.87. The Kier molecular flexibility index (Phi) is 3.74. The fourth-order valence-corrected chi connectivity index (χ4v) is 1.24. The highest BCUT2D eigenvalue weighted by Gasteiger charge is 2.10. The van der Waals surface area contributed by atoms with Crippen LogP contribution < -0.4 is 4.74 Å². The van der Waals surface area contributed by atoms with Gasteiger partial charge in [-0.05, 0) is 25.5 Å². The van der Waals surface area contributed by atoms with Crippen molar-refractivity contribution in [2.24, 2.45) is 0 Å². The summed E-state index contributed by atoms with van der Waals surface area (Å²) in [6, 6.07) is 3.90. The quantitative estimate of drug-likeness (QED) is 0.708. The van der Waals surface area contributed by atoms with Crippen molar-refractivity contribution in [3.8, 4) is 5.75 Å². The number of pyridine rings is 1. The first-order valence-corrected chi connectivity index (χ1v) is 4.87. The van der Waals surface area contributed by atoms with Crippen LogP contribution in [-0.2, 0) is 0 Å². The molecule has 0 aromatic carbocycles. The van der Waals surface area contributed by atoms with Crippen LogP contribution in [0.4, 0.5) is 0 Å². The number of nitrogens with zero attached hydrogens (tertiary/aromatic N) is 1. The lowest BCUT2D eigenvalue weighted by atomic mass is 10.0. The number of ether oxygens (including phenoxy) is 1. The van der Waals surface area contributed by atoms with Gasteiger partial charge in [-0.3, -0.25) is 4.98 Å². The highest BCUT2D eigenvalue weighted by atomic mass is 16.5. The third kappa shape index (κ3) is 2.44. The molecule has 1 atom stereocenters. The molecule has 0 saturated heterocycles. The second-order valence-corrected chi connectivity index (χ2v) is 3.13. The second kappa shape index (κ2) is 4.85. The van der Waals surface area contributed by atoms with Crippen molar-refractivity contribution in [2.45, 2.75) is 33.1 Å². The predicted molar refractivity (Wildman–Crippen MR) is 54.1 cm³/mol. The standard InChI is InChI=1S/C11H17NO/c1-4-9(3)11-10(13-5-2)7-6-8-12-11/h6-9H,4-5H2,1-3H3. The molecule has 1 rings (SSSR count). The summed E-state index contributed by atoms with van der Waals surface area (Å²) in [5, 5.41) is 0. The van der Waals surface area contributed by atoms with Crippen molar-refractivity contribution in [3.05, 3.63) is 24.0 Å². The molecule has 0 N–H and O–H groups in total. The summed E-state index contributed by atoms with van der Waals surface area (Å²) in [5.74, 6) is 1.40. The Hall–Kier alpha value is -1.05. The van der Waals surface area contributed by atoms with Gasteiger partial charge in [0.2, 0.25) is 0 Å². The van der Waals surface area contributed by atoms with Crippen LogP contribution in [0.5, 0.6) is 5.75 Å². The molecule has 2 heteroatoms. The third-order valence-electron chi connectivity index (χ3n) is 2.18. The Balaban J connectivity index is 2.90. The summed E-state index contributed by atoms with van der Waals surface area (Å²) in [6.45, 7) is 7.03. The lowest BCUT2D eigenvalue weighted by Gasteiger charge is -2.12. The fourth-order valence-electron chi connectivity index (χ4n) is 1.24. The van der Waals surface area contributed by atoms with E-state index in [4.69, 9.17) is 4.74 Å². The zero-order valence-electron chi connectivity index (χ0n) is 8.58. The van der Waals surface area contributed by atoms with Crippen molar-refractivity contribution in [1.29, 1.82) is 0 Å². The summed E-state index contributed by atoms with van der Waals surface area (Å²) >= 11 is 0. The topological polar surface area (TPSA) is 22.1 Å². The Bertz CT molecular complexity index is 260. The highest BCUT2D eigenvalue weighted by Crippen LogP contribution is 2.25. The molecule has 13 heavy (non-hydrogen) atoms. The van der Waals surface area contributed by atoms with E-state index in [-0.39, 0.29) is 0 Å². The minimum Gasteiger partial charge on any atom is -0.492 e. The van der Waals surface area contributed by atoms with Crippen LogP contribution in [0.3, 0.4) is 0 Å². The summed E-state index contributed by atoms with van der Waals surface area (Å²) < 4.78 is 5.50. The Morgan fingerprint density at radius 3 is 2.85 bits per heavy atom. The lowest BCUT2D eigenvalue weighted by Crippen LogP contribution is -2.01. The second-order valence-electron chi connectivity index (χ2n) is 3.13. The average molecular weight is 179 g/mol. The van der Waals surface area contributed by atoms with Gasteiger partial charge in [0.15, 0.2) is 0 Å². The molecular formula is C11H17NO. The van der Waals surface area contributed by atoms with Crippen LogP contribution >= 0.6 is 0 Å². The molecule has 0 amide bonds. The van der Waals surface area contributed by atoms with Gasteiger partial charge in [0.1, 0.15) is 5.75 Å². The monoisotopic (exact) mass is 179 g/mol. The van der Waals surface area contributed by atoms with E-state index >= 15 is 0 Å². The molecular weight excluding hydrogens is 162 g/mol. The molecule has 0 spiro atoms. The maximum atomic E-state index is 5.50. The first-order chi connectivity index (χ1) is 6.29. The van der Waals surface area contributed by atoms with E-state index in [1.165, 1.54) is 0 Å². The zero-order chi connectivity index (χ0) is 9.68. The fraction of sp³-hybridized carbons (Fsp3) is 0.545. The lowest BCUT2D eigenvalue weighted by molar-refractivity contribution is 0.332. The number of aromatic nitrogens is 1. The van der Waals surface area contributed by atoms with Crippen molar-refractivity contribution >= 4 is 0 Å². The molecule has 0 aliphatic heterocycles. The Morgan fingerprint density at radius 2 is 2.23 bits per heavy atom. The van der Waals surface area contributed by atoms with Crippen LogP contribution in [0.2, 0.25) is 0 Å². The molecule has 1 heterocycles. The molecule has 2 nitrogen and oxygen atoms in total. The van der Waals surface area contributed by atoms with Gasteiger partial charge >= 0.3 is 0 Å². The highest BCUT2D eigenvalue weighted by molar-refractivity contribution is 5.29. The Labute approximate surface area is 80.0 Å². The summed E-state index contributed by atoms with van der Waals surface area (Å²) in [4.78, 5) is 4.34. The largest absolute Gasteiger partial charge is 0.492 e. The molecule has 1 aromatic rings. The Morgan fingerprint density at radius 1 is 1.46 bits per heavy atom. The minimum atomic E-state index is 0.475. The van der Waals surface area contributed by atoms with Gasteiger partial charge in [-0.1, -0.05) is 13.8 Å². The molecule has 1 unspecified atom stereocenters. The number of hydrogen-bond acceptors (Lipinski definition) is 2. The predicted octanol–water partition coefficient (Wildman–Crippen LogP) is 2.99. The maximum absolute atomic E-state index is 5.50. The first kappa shape index (κ1) is 10.0. The van der Waals surface area contributed by atoms with E-state index in [0.29, 0.717) is 12.5 Å². The van der Waals surface area contributed by atoms with Gasteiger partial charge in [0, 0.05) is 12.1 Å². The summed E-state index contributed by atoms with van der Waals surface area (Å²) in [6.07, 6.45) is 2.92. The molecule has 0 radical (unpaired) electrons. The van der Waals surface area contributed by atoms with E-state index in [1.807, 2.05) is 25.3 Å². The van der Waals surface area contributed by atoms with Crippen molar-refractivity contribution in [1.82, 2.24) is 4.98 Å². The van der Waals surface area contributed by atoms with E-state index in [0.717, 1.165) is 17.9 Å². The van der Waals surface area contributed by atoms with Crippen LogP contribution in [0, 0.1) is 0 Å². The summed E-state index contributed by atoms with van der Waals surface area (Å²) in [7, 11) is 0. The SMILES string of the molecule is CCOc1cccnc1C(C)CC. The van der Waals surface area contributed by atoms with E-state index in [2.05, 4.69) is 18.8 Å². The molecule has 0 fully saturated rings. The molecule has 1 aromatic heterocycles. The van der Waals surface area contributed by atoms with Crippen molar-refractivity contribution < 1.29 is 4.74 Å². The van der Waals surface area contributed by atoms with E-state index in [1.54, 1.807) is 0 Å². The van der Waals surface area contributed by atoms with Gasteiger partial charge in [-0.15, -0.1) is 0 Å². The molecule has 0 aliphatic carbocycles. The molecule has 72 valence electrons. The van der Waals surface area contributed by atoms with Gasteiger partial charge in [-0.2, -0.15) is 0 Å². The number of rotatable bonds is 4. The van der Waals surface area contributed by atoms with Crippen molar-refractivity contribution in [3.63, 3.8) is 0 Å². The van der Waals surface area contributed by atoms with Crippen LogP contribution in [0.25, 0.3) is 0 Å².